The van der Waals surface area contributed by atoms with Crippen molar-refractivity contribution in [3.8, 4) is 0 Å². The van der Waals surface area contributed by atoms with E-state index < -0.39 is 10.0 Å². The molecule has 1 aliphatic carbocycles. The first kappa shape index (κ1) is 18.0. The Morgan fingerprint density at radius 3 is 2.40 bits per heavy atom. The highest BCUT2D eigenvalue weighted by molar-refractivity contribution is 7.92. The molecule has 1 amide bonds. The molecular weight excluding hydrogens is 383 g/mol. The van der Waals surface area contributed by atoms with Crippen LogP contribution in [0.15, 0.2) is 47.4 Å². The van der Waals surface area contributed by atoms with E-state index in [1.165, 1.54) is 18.2 Å². The highest BCUT2D eigenvalue weighted by Gasteiger charge is 2.23. The third kappa shape index (κ3) is 4.87. The van der Waals surface area contributed by atoms with Gasteiger partial charge in [0.25, 0.3) is 10.0 Å². The van der Waals surface area contributed by atoms with E-state index in [1.807, 2.05) is 0 Å². The lowest BCUT2D eigenvalue weighted by Crippen LogP contribution is -2.26. The molecule has 2 N–H and O–H groups in total. The summed E-state index contributed by atoms with van der Waals surface area (Å²) >= 11 is 11.8. The molecule has 0 radical (unpaired) electrons. The van der Waals surface area contributed by atoms with Crippen molar-refractivity contribution in [2.45, 2.75) is 30.2 Å². The standard InChI is InChI=1S/C17H16Cl2N2O3S/c18-12-3-8-15(19)16(10-12)25(23,24)21-14-4-1-11(2-5-14)9-17(22)20-13-6-7-13/h1-5,8,10,13,21H,6-7,9H2,(H,20,22). The van der Waals surface area contributed by atoms with E-state index in [9.17, 15) is 13.2 Å². The summed E-state index contributed by atoms with van der Waals surface area (Å²) in [5.41, 5.74) is 1.18. The van der Waals surface area contributed by atoms with Gasteiger partial charge < -0.3 is 5.32 Å². The molecule has 2 aromatic rings. The molecule has 1 saturated carbocycles. The monoisotopic (exact) mass is 398 g/mol. The molecule has 0 atom stereocenters. The van der Waals surface area contributed by atoms with Gasteiger partial charge in [0, 0.05) is 16.8 Å². The Labute approximate surface area is 156 Å². The van der Waals surface area contributed by atoms with Crippen LogP contribution in [0, 0.1) is 0 Å². The number of rotatable bonds is 6. The number of halogens is 2. The van der Waals surface area contributed by atoms with Crippen LogP contribution in [-0.2, 0) is 21.2 Å². The quantitative estimate of drug-likeness (QED) is 0.779. The summed E-state index contributed by atoms with van der Waals surface area (Å²) in [6.07, 6.45) is 2.35. The van der Waals surface area contributed by atoms with Gasteiger partial charge in [-0.2, -0.15) is 0 Å². The van der Waals surface area contributed by atoms with E-state index in [0.29, 0.717) is 11.7 Å². The van der Waals surface area contributed by atoms with Crippen LogP contribution in [0.1, 0.15) is 18.4 Å². The number of amides is 1. The number of hydrogen-bond donors (Lipinski definition) is 2. The number of hydrogen-bond acceptors (Lipinski definition) is 3. The maximum absolute atomic E-state index is 12.4. The summed E-state index contributed by atoms with van der Waals surface area (Å²) in [6, 6.07) is 11.2. The molecule has 0 heterocycles. The van der Waals surface area contributed by atoms with Gasteiger partial charge in [-0.25, -0.2) is 8.42 Å². The molecule has 3 rings (SSSR count). The van der Waals surface area contributed by atoms with Crippen LogP contribution < -0.4 is 10.0 Å². The number of benzene rings is 2. The van der Waals surface area contributed by atoms with E-state index in [2.05, 4.69) is 10.0 Å². The van der Waals surface area contributed by atoms with Crippen LogP contribution in [0.5, 0.6) is 0 Å². The third-order valence-electron chi connectivity index (χ3n) is 3.70. The van der Waals surface area contributed by atoms with Crippen LogP contribution in [0.4, 0.5) is 5.69 Å². The molecule has 2 aromatic carbocycles. The Balaban J connectivity index is 1.69. The van der Waals surface area contributed by atoms with Crippen molar-refractivity contribution in [3.63, 3.8) is 0 Å². The van der Waals surface area contributed by atoms with Gasteiger partial charge in [-0.3, -0.25) is 9.52 Å². The minimum absolute atomic E-state index is 0.0264. The molecule has 0 aliphatic heterocycles. The number of sulfonamides is 1. The van der Waals surface area contributed by atoms with E-state index in [1.54, 1.807) is 24.3 Å². The second-order valence-corrected chi connectivity index (χ2v) is 8.39. The Hall–Kier alpha value is -1.76. The number of carbonyl (C=O) groups is 1. The topological polar surface area (TPSA) is 75.3 Å². The second kappa shape index (κ2) is 7.23. The van der Waals surface area contributed by atoms with Crippen LogP contribution >= 0.6 is 23.2 Å². The molecule has 132 valence electrons. The molecule has 1 aliphatic rings. The predicted molar refractivity (Wildman–Crippen MR) is 98.6 cm³/mol. The van der Waals surface area contributed by atoms with Gasteiger partial charge in [0.1, 0.15) is 4.90 Å². The fourth-order valence-corrected chi connectivity index (χ4v) is 4.10. The van der Waals surface area contributed by atoms with Gasteiger partial charge in [0.05, 0.1) is 11.4 Å². The van der Waals surface area contributed by atoms with Crippen LogP contribution in [-0.4, -0.2) is 20.4 Å². The zero-order valence-corrected chi connectivity index (χ0v) is 15.5. The zero-order valence-electron chi connectivity index (χ0n) is 13.1. The first-order valence-electron chi connectivity index (χ1n) is 7.70. The maximum atomic E-state index is 12.4. The fraction of sp³-hybridized carbons (Fsp3) is 0.235. The Bertz CT molecular complexity index is 895. The van der Waals surface area contributed by atoms with E-state index >= 15 is 0 Å². The molecule has 5 nitrogen and oxygen atoms in total. The Morgan fingerprint density at radius 1 is 1.08 bits per heavy atom. The molecule has 0 saturated heterocycles. The van der Waals surface area contributed by atoms with Crippen LogP contribution in [0.2, 0.25) is 10.0 Å². The lowest BCUT2D eigenvalue weighted by atomic mass is 10.1. The van der Waals surface area contributed by atoms with Gasteiger partial charge in [-0.1, -0.05) is 35.3 Å². The first-order valence-corrected chi connectivity index (χ1v) is 9.93. The summed E-state index contributed by atoms with van der Waals surface area (Å²) in [5.74, 6) is -0.0264. The summed E-state index contributed by atoms with van der Waals surface area (Å²) in [7, 11) is -3.86. The summed E-state index contributed by atoms with van der Waals surface area (Å²) in [6.45, 7) is 0. The van der Waals surface area contributed by atoms with Crippen molar-refractivity contribution in [2.75, 3.05) is 4.72 Å². The van der Waals surface area contributed by atoms with E-state index in [4.69, 9.17) is 23.2 Å². The molecule has 0 unspecified atom stereocenters. The minimum Gasteiger partial charge on any atom is -0.353 e. The molecule has 0 aromatic heterocycles. The molecule has 0 spiro atoms. The molecule has 25 heavy (non-hydrogen) atoms. The van der Waals surface area contributed by atoms with Gasteiger partial charge in [0.2, 0.25) is 5.91 Å². The third-order valence-corrected chi connectivity index (χ3v) is 5.79. The maximum Gasteiger partial charge on any atom is 0.263 e. The summed E-state index contributed by atoms with van der Waals surface area (Å²) in [4.78, 5) is 11.7. The minimum atomic E-state index is -3.86. The number of carbonyl (C=O) groups excluding carboxylic acids is 1. The van der Waals surface area contributed by atoms with Gasteiger partial charge in [0.15, 0.2) is 0 Å². The molecular formula is C17H16Cl2N2O3S. The zero-order chi connectivity index (χ0) is 18.0. The highest BCUT2D eigenvalue weighted by Crippen LogP contribution is 2.27. The second-order valence-electron chi connectivity index (χ2n) is 5.90. The number of anilines is 1. The van der Waals surface area contributed by atoms with Crippen molar-refractivity contribution in [1.29, 1.82) is 0 Å². The summed E-state index contributed by atoms with van der Waals surface area (Å²) in [5, 5.41) is 3.28. The van der Waals surface area contributed by atoms with E-state index in [0.717, 1.165) is 18.4 Å². The molecule has 1 fully saturated rings. The average Bonchev–Trinajstić information content (AvgIpc) is 3.35. The van der Waals surface area contributed by atoms with Crippen LogP contribution in [0.3, 0.4) is 0 Å². The van der Waals surface area contributed by atoms with Crippen molar-refractivity contribution in [2.24, 2.45) is 0 Å². The normalized spacial score (nSPS) is 14.2. The largest absolute Gasteiger partial charge is 0.353 e. The molecule has 0 bridgehead atoms. The lowest BCUT2D eigenvalue weighted by Gasteiger charge is -2.10. The fourth-order valence-electron chi connectivity index (χ4n) is 2.28. The van der Waals surface area contributed by atoms with Gasteiger partial charge >= 0.3 is 0 Å². The number of nitrogens with one attached hydrogen (secondary N) is 2. The van der Waals surface area contributed by atoms with Gasteiger partial charge in [-0.15, -0.1) is 0 Å². The highest BCUT2D eigenvalue weighted by atomic mass is 35.5. The van der Waals surface area contributed by atoms with Crippen molar-refractivity contribution in [1.82, 2.24) is 5.32 Å². The van der Waals surface area contributed by atoms with Crippen molar-refractivity contribution in [3.05, 3.63) is 58.1 Å². The Kier molecular flexibility index (Phi) is 5.22. The van der Waals surface area contributed by atoms with Crippen molar-refractivity contribution < 1.29 is 13.2 Å². The predicted octanol–water partition coefficient (Wildman–Crippen LogP) is 3.62. The lowest BCUT2D eigenvalue weighted by molar-refractivity contribution is -0.120. The van der Waals surface area contributed by atoms with Crippen LogP contribution in [0.25, 0.3) is 0 Å². The first-order chi connectivity index (χ1) is 11.8. The SMILES string of the molecule is O=C(Cc1ccc(NS(=O)(=O)c2cc(Cl)ccc2Cl)cc1)NC1CC1. The van der Waals surface area contributed by atoms with Crippen molar-refractivity contribution >= 4 is 44.8 Å². The van der Waals surface area contributed by atoms with Gasteiger partial charge in [-0.05, 0) is 48.7 Å². The summed E-state index contributed by atoms with van der Waals surface area (Å²) < 4.78 is 27.3. The average molecular weight is 399 g/mol. The Morgan fingerprint density at radius 2 is 1.76 bits per heavy atom. The van der Waals surface area contributed by atoms with E-state index in [-0.39, 0.29) is 27.3 Å². The molecule has 8 heteroatoms. The smallest absolute Gasteiger partial charge is 0.263 e.